The van der Waals surface area contributed by atoms with Crippen molar-refractivity contribution in [1.82, 2.24) is 9.59 Å². The first kappa shape index (κ1) is 12.5. The van der Waals surface area contributed by atoms with Crippen molar-refractivity contribution in [3.63, 3.8) is 0 Å². The summed E-state index contributed by atoms with van der Waals surface area (Å²) in [6, 6.07) is 7.23. The van der Waals surface area contributed by atoms with Crippen LogP contribution in [0, 0.1) is 6.92 Å². The minimum absolute atomic E-state index is 0.0743. The highest BCUT2D eigenvalue weighted by Crippen LogP contribution is 2.20. The minimum Gasteiger partial charge on any atom is -0.399 e. The van der Waals surface area contributed by atoms with Crippen molar-refractivity contribution in [2.24, 2.45) is 0 Å². The van der Waals surface area contributed by atoms with Crippen molar-refractivity contribution in [2.75, 3.05) is 17.2 Å². The fourth-order valence-corrected chi connectivity index (χ4v) is 2.25. The first-order valence-electron chi connectivity index (χ1n) is 5.60. The molecule has 0 bridgehead atoms. The third-order valence-electron chi connectivity index (χ3n) is 2.61. The summed E-state index contributed by atoms with van der Waals surface area (Å²) in [5.41, 5.74) is 7.81. The number of aromatic nitrogens is 2. The molecule has 18 heavy (non-hydrogen) atoms. The van der Waals surface area contributed by atoms with Crippen molar-refractivity contribution >= 4 is 28.8 Å². The van der Waals surface area contributed by atoms with Crippen LogP contribution < -0.4 is 10.6 Å². The van der Waals surface area contributed by atoms with Crippen LogP contribution in [0.15, 0.2) is 24.3 Å². The highest BCUT2D eigenvalue weighted by molar-refractivity contribution is 7.08. The lowest BCUT2D eigenvalue weighted by molar-refractivity contribution is 0.0991. The molecule has 94 valence electrons. The van der Waals surface area contributed by atoms with E-state index in [1.165, 1.54) is 0 Å². The van der Waals surface area contributed by atoms with E-state index in [9.17, 15) is 4.79 Å². The van der Waals surface area contributed by atoms with Crippen LogP contribution in [0.25, 0.3) is 0 Å². The van der Waals surface area contributed by atoms with Gasteiger partial charge in [0.25, 0.3) is 5.91 Å². The van der Waals surface area contributed by atoms with E-state index in [0.29, 0.717) is 22.8 Å². The Bertz CT molecular complexity index is 549. The summed E-state index contributed by atoms with van der Waals surface area (Å²) in [6.45, 7) is 4.30. The highest BCUT2D eigenvalue weighted by atomic mass is 32.1. The summed E-state index contributed by atoms with van der Waals surface area (Å²) in [7, 11) is 0. The smallest absolute Gasteiger partial charge is 0.271 e. The Hall–Kier alpha value is -1.95. The van der Waals surface area contributed by atoms with Crippen LogP contribution in [0.5, 0.6) is 0 Å². The summed E-state index contributed by atoms with van der Waals surface area (Å²) >= 11 is 1.12. The zero-order valence-corrected chi connectivity index (χ0v) is 11.1. The Labute approximate surface area is 109 Å². The molecule has 2 rings (SSSR count). The molecule has 1 aromatic heterocycles. The molecule has 0 unspecified atom stereocenters. The molecule has 0 spiro atoms. The van der Waals surface area contributed by atoms with E-state index in [1.54, 1.807) is 24.0 Å². The molecule has 0 aliphatic carbocycles. The number of carbonyl (C=O) groups is 1. The van der Waals surface area contributed by atoms with Gasteiger partial charge in [-0.2, -0.15) is 0 Å². The van der Waals surface area contributed by atoms with Crippen LogP contribution in [0.3, 0.4) is 0 Å². The average Bonchev–Trinajstić information content (AvgIpc) is 2.78. The lowest BCUT2D eigenvalue weighted by Crippen LogP contribution is -2.30. The molecule has 1 aromatic carbocycles. The largest absolute Gasteiger partial charge is 0.399 e. The molecule has 2 N–H and O–H groups in total. The van der Waals surface area contributed by atoms with Crippen molar-refractivity contribution < 1.29 is 4.79 Å². The molecule has 0 aliphatic heterocycles. The zero-order valence-electron chi connectivity index (χ0n) is 10.3. The Kier molecular flexibility index (Phi) is 3.57. The van der Waals surface area contributed by atoms with E-state index in [0.717, 1.165) is 17.2 Å². The second kappa shape index (κ2) is 5.14. The summed E-state index contributed by atoms with van der Waals surface area (Å²) in [4.78, 5) is 14.6. The predicted octanol–water partition coefficient (Wildman–Crippen LogP) is 2.10. The van der Waals surface area contributed by atoms with E-state index in [-0.39, 0.29) is 5.91 Å². The third kappa shape index (κ3) is 2.33. The van der Waals surface area contributed by atoms with Crippen LogP contribution in [-0.4, -0.2) is 22.0 Å². The highest BCUT2D eigenvalue weighted by Gasteiger charge is 2.20. The van der Waals surface area contributed by atoms with Crippen molar-refractivity contribution in [3.05, 3.63) is 34.8 Å². The number of hydrogen-bond donors (Lipinski definition) is 1. The molecule has 0 saturated heterocycles. The number of anilines is 2. The van der Waals surface area contributed by atoms with Crippen LogP contribution in [-0.2, 0) is 0 Å². The summed E-state index contributed by atoms with van der Waals surface area (Å²) in [5.74, 6) is -0.0743. The molecule has 0 aliphatic rings. The van der Waals surface area contributed by atoms with Gasteiger partial charge in [0.2, 0.25) is 0 Å². The van der Waals surface area contributed by atoms with Gasteiger partial charge in [-0.3, -0.25) is 4.79 Å². The number of nitrogens with zero attached hydrogens (tertiary/aromatic N) is 3. The molecule has 1 amide bonds. The predicted molar refractivity (Wildman–Crippen MR) is 72.9 cm³/mol. The lowest BCUT2D eigenvalue weighted by atomic mass is 10.2. The first-order chi connectivity index (χ1) is 8.63. The molecule has 2 aromatic rings. The quantitative estimate of drug-likeness (QED) is 0.860. The zero-order chi connectivity index (χ0) is 13.1. The summed E-state index contributed by atoms with van der Waals surface area (Å²) in [6.07, 6.45) is 0. The van der Waals surface area contributed by atoms with E-state index in [1.807, 2.05) is 19.1 Å². The fourth-order valence-electron chi connectivity index (χ4n) is 1.65. The molecule has 0 fully saturated rings. The second-order valence-corrected chi connectivity index (χ2v) is 4.58. The number of nitrogens with two attached hydrogens (primary N) is 1. The van der Waals surface area contributed by atoms with E-state index in [2.05, 4.69) is 9.59 Å². The number of aryl methyl sites for hydroxylation is 1. The van der Waals surface area contributed by atoms with Crippen molar-refractivity contribution in [3.8, 4) is 0 Å². The van der Waals surface area contributed by atoms with Crippen LogP contribution in [0.1, 0.15) is 22.3 Å². The van der Waals surface area contributed by atoms with Gasteiger partial charge in [0, 0.05) is 17.9 Å². The first-order valence-corrected chi connectivity index (χ1v) is 6.37. The topological polar surface area (TPSA) is 72.1 Å². The molecule has 5 nitrogen and oxygen atoms in total. The molecule has 1 heterocycles. The fraction of sp³-hybridized carbons (Fsp3) is 0.250. The van der Waals surface area contributed by atoms with Crippen LogP contribution >= 0.6 is 11.5 Å². The molecule has 0 radical (unpaired) electrons. The SMILES string of the molecule is CCN(C(=O)c1snnc1C)c1ccc(N)cc1. The molecular formula is C12H14N4OS. The van der Waals surface area contributed by atoms with Gasteiger partial charge >= 0.3 is 0 Å². The van der Waals surface area contributed by atoms with Gasteiger partial charge in [-0.05, 0) is 49.6 Å². The Morgan fingerprint density at radius 3 is 2.56 bits per heavy atom. The number of hydrogen-bond acceptors (Lipinski definition) is 5. The maximum atomic E-state index is 12.4. The maximum absolute atomic E-state index is 12.4. The van der Waals surface area contributed by atoms with Gasteiger partial charge in [-0.15, -0.1) is 5.10 Å². The summed E-state index contributed by atoms with van der Waals surface area (Å²) < 4.78 is 3.79. The van der Waals surface area contributed by atoms with Gasteiger partial charge in [0.05, 0.1) is 5.69 Å². The third-order valence-corrected chi connectivity index (χ3v) is 3.43. The van der Waals surface area contributed by atoms with E-state index in [4.69, 9.17) is 5.73 Å². The average molecular weight is 262 g/mol. The van der Waals surface area contributed by atoms with Gasteiger partial charge in [0.1, 0.15) is 4.88 Å². The summed E-state index contributed by atoms with van der Waals surface area (Å²) in [5, 5.41) is 3.86. The van der Waals surface area contributed by atoms with Crippen LogP contribution in [0.4, 0.5) is 11.4 Å². The second-order valence-electron chi connectivity index (χ2n) is 3.83. The normalized spacial score (nSPS) is 10.3. The van der Waals surface area contributed by atoms with E-state index < -0.39 is 0 Å². The van der Waals surface area contributed by atoms with E-state index >= 15 is 0 Å². The number of nitrogen functional groups attached to an aromatic ring is 1. The number of rotatable bonds is 3. The number of carbonyl (C=O) groups excluding carboxylic acids is 1. The van der Waals surface area contributed by atoms with Crippen molar-refractivity contribution in [1.29, 1.82) is 0 Å². The van der Waals surface area contributed by atoms with Crippen molar-refractivity contribution in [2.45, 2.75) is 13.8 Å². The van der Waals surface area contributed by atoms with Gasteiger partial charge in [0.15, 0.2) is 0 Å². The van der Waals surface area contributed by atoms with Gasteiger partial charge in [-0.1, -0.05) is 4.49 Å². The molecule has 6 heteroatoms. The van der Waals surface area contributed by atoms with Gasteiger partial charge in [-0.25, -0.2) is 0 Å². The molecular weight excluding hydrogens is 248 g/mol. The lowest BCUT2D eigenvalue weighted by Gasteiger charge is -2.20. The Morgan fingerprint density at radius 2 is 2.06 bits per heavy atom. The minimum atomic E-state index is -0.0743. The molecule has 0 atom stereocenters. The maximum Gasteiger partial charge on any atom is 0.271 e. The Morgan fingerprint density at radius 1 is 1.39 bits per heavy atom. The number of amides is 1. The molecule has 0 saturated carbocycles. The van der Waals surface area contributed by atoms with Gasteiger partial charge < -0.3 is 10.6 Å². The standard InChI is InChI=1S/C12H14N4OS/c1-3-16(10-6-4-9(13)5-7-10)12(17)11-8(2)14-15-18-11/h4-7H,3,13H2,1-2H3. The monoisotopic (exact) mass is 262 g/mol. The Balaban J connectivity index is 2.32. The van der Waals surface area contributed by atoms with Crippen LogP contribution in [0.2, 0.25) is 0 Å². The number of benzene rings is 1.